The lowest BCUT2D eigenvalue weighted by Gasteiger charge is -2.33. The Morgan fingerprint density at radius 3 is 2.62 bits per heavy atom. The van der Waals surface area contributed by atoms with E-state index in [1.54, 1.807) is 7.11 Å². The summed E-state index contributed by atoms with van der Waals surface area (Å²) in [4.78, 5) is 0. The van der Waals surface area contributed by atoms with Gasteiger partial charge >= 0.3 is 0 Å². The number of methoxy groups -OCH3 is 1. The van der Waals surface area contributed by atoms with Gasteiger partial charge in [-0.25, -0.2) is 0 Å². The summed E-state index contributed by atoms with van der Waals surface area (Å²) in [6, 6.07) is 0.751. The summed E-state index contributed by atoms with van der Waals surface area (Å²) in [5, 5.41) is 3.46. The second-order valence-electron chi connectivity index (χ2n) is 3.83. The van der Waals surface area contributed by atoms with Crippen LogP contribution in [-0.4, -0.2) is 39.5 Å². The molecule has 0 aromatic carbocycles. The minimum absolute atomic E-state index is 0.695. The van der Waals surface area contributed by atoms with Gasteiger partial charge in [-0.3, -0.25) is 0 Å². The molecule has 0 aliphatic heterocycles. The van der Waals surface area contributed by atoms with E-state index in [1.165, 1.54) is 12.8 Å². The summed E-state index contributed by atoms with van der Waals surface area (Å²) < 4.78 is 10.2. The van der Waals surface area contributed by atoms with E-state index in [2.05, 4.69) is 12.2 Å². The standard InChI is InChI=1S/C10H21NO2/c1-9-7-10(8-9)11-3-4-13-6-5-12-2/h9-11H,3-8H2,1-2H3. The summed E-state index contributed by atoms with van der Waals surface area (Å²) in [6.45, 7) is 5.47. The molecule has 0 radical (unpaired) electrons. The number of ether oxygens (including phenoxy) is 2. The molecule has 0 unspecified atom stereocenters. The average Bonchev–Trinajstić information content (AvgIpc) is 2.07. The molecular weight excluding hydrogens is 166 g/mol. The molecule has 1 rings (SSSR count). The molecule has 78 valence electrons. The molecule has 0 aromatic heterocycles. The second kappa shape index (κ2) is 6.35. The molecule has 0 saturated heterocycles. The summed E-state index contributed by atoms with van der Waals surface area (Å²) in [7, 11) is 1.69. The Labute approximate surface area is 80.8 Å². The molecular formula is C10H21NO2. The highest BCUT2D eigenvalue weighted by Crippen LogP contribution is 2.25. The van der Waals surface area contributed by atoms with Crippen molar-refractivity contribution in [3.63, 3.8) is 0 Å². The predicted octanol–water partition coefficient (Wildman–Crippen LogP) is 1.04. The third-order valence-electron chi connectivity index (χ3n) is 2.48. The molecule has 0 spiro atoms. The van der Waals surface area contributed by atoms with Crippen LogP contribution in [0, 0.1) is 5.92 Å². The average molecular weight is 187 g/mol. The Hall–Kier alpha value is -0.120. The SMILES string of the molecule is COCCOCCNC1CC(C)C1. The first-order chi connectivity index (χ1) is 6.33. The Kier molecular flexibility index (Phi) is 5.35. The highest BCUT2D eigenvalue weighted by molar-refractivity contribution is 4.81. The topological polar surface area (TPSA) is 30.5 Å². The van der Waals surface area contributed by atoms with Crippen LogP contribution in [0.5, 0.6) is 0 Å². The van der Waals surface area contributed by atoms with Crippen molar-refractivity contribution in [1.82, 2.24) is 5.32 Å². The first-order valence-corrected chi connectivity index (χ1v) is 5.13. The van der Waals surface area contributed by atoms with E-state index in [4.69, 9.17) is 9.47 Å². The normalized spacial score (nSPS) is 27.2. The van der Waals surface area contributed by atoms with Gasteiger partial charge in [0.2, 0.25) is 0 Å². The predicted molar refractivity (Wildman–Crippen MR) is 52.9 cm³/mol. The van der Waals surface area contributed by atoms with Crippen molar-refractivity contribution in [3.05, 3.63) is 0 Å². The number of hydrogen-bond acceptors (Lipinski definition) is 3. The molecule has 3 heteroatoms. The molecule has 13 heavy (non-hydrogen) atoms. The molecule has 1 fully saturated rings. The number of nitrogens with one attached hydrogen (secondary N) is 1. The van der Waals surface area contributed by atoms with E-state index in [0.29, 0.717) is 13.2 Å². The second-order valence-corrected chi connectivity index (χ2v) is 3.83. The summed E-state index contributed by atoms with van der Waals surface area (Å²) in [5.41, 5.74) is 0. The minimum Gasteiger partial charge on any atom is -0.382 e. The van der Waals surface area contributed by atoms with Gasteiger partial charge in [-0.05, 0) is 18.8 Å². The quantitative estimate of drug-likeness (QED) is 0.604. The van der Waals surface area contributed by atoms with Crippen LogP contribution in [0.25, 0.3) is 0 Å². The lowest BCUT2D eigenvalue weighted by Crippen LogP contribution is -2.41. The Balaban J connectivity index is 1.74. The Bertz CT molecular complexity index is 124. The van der Waals surface area contributed by atoms with Gasteiger partial charge in [-0.1, -0.05) is 6.92 Å². The molecule has 1 saturated carbocycles. The van der Waals surface area contributed by atoms with Crippen LogP contribution in [-0.2, 0) is 9.47 Å². The molecule has 0 amide bonds. The lowest BCUT2D eigenvalue weighted by atomic mass is 9.82. The largest absolute Gasteiger partial charge is 0.382 e. The molecule has 0 bridgehead atoms. The van der Waals surface area contributed by atoms with Gasteiger partial charge in [0, 0.05) is 19.7 Å². The molecule has 3 nitrogen and oxygen atoms in total. The lowest BCUT2D eigenvalue weighted by molar-refractivity contribution is 0.0687. The van der Waals surface area contributed by atoms with Gasteiger partial charge in [0.05, 0.1) is 19.8 Å². The van der Waals surface area contributed by atoms with Crippen LogP contribution in [0.4, 0.5) is 0 Å². The fourth-order valence-electron chi connectivity index (χ4n) is 1.65. The third-order valence-corrected chi connectivity index (χ3v) is 2.48. The van der Waals surface area contributed by atoms with E-state index in [-0.39, 0.29) is 0 Å². The van der Waals surface area contributed by atoms with Gasteiger partial charge in [-0.2, -0.15) is 0 Å². The molecule has 0 aromatic rings. The van der Waals surface area contributed by atoms with Gasteiger partial charge in [0.25, 0.3) is 0 Å². The van der Waals surface area contributed by atoms with E-state index in [0.717, 1.165) is 25.1 Å². The molecule has 1 aliphatic carbocycles. The minimum atomic E-state index is 0.695. The zero-order valence-electron chi connectivity index (χ0n) is 8.71. The van der Waals surface area contributed by atoms with Crippen LogP contribution < -0.4 is 5.32 Å². The number of rotatable bonds is 7. The third kappa shape index (κ3) is 4.60. The van der Waals surface area contributed by atoms with Crippen molar-refractivity contribution in [1.29, 1.82) is 0 Å². The first kappa shape index (κ1) is 11.0. The maximum Gasteiger partial charge on any atom is 0.0700 e. The zero-order chi connectivity index (χ0) is 9.52. The smallest absolute Gasteiger partial charge is 0.0700 e. The van der Waals surface area contributed by atoms with Gasteiger partial charge in [-0.15, -0.1) is 0 Å². The zero-order valence-corrected chi connectivity index (χ0v) is 8.71. The van der Waals surface area contributed by atoms with E-state index in [1.807, 2.05) is 0 Å². The van der Waals surface area contributed by atoms with Crippen molar-refractivity contribution >= 4 is 0 Å². The molecule has 1 N–H and O–H groups in total. The Morgan fingerprint density at radius 1 is 1.23 bits per heavy atom. The van der Waals surface area contributed by atoms with Crippen molar-refractivity contribution in [3.8, 4) is 0 Å². The van der Waals surface area contributed by atoms with E-state index >= 15 is 0 Å². The maximum absolute atomic E-state index is 5.33. The first-order valence-electron chi connectivity index (χ1n) is 5.13. The van der Waals surface area contributed by atoms with Crippen molar-refractivity contribution in [2.24, 2.45) is 5.92 Å². The summed E-state index contributed by atoms with van der Waals surface area (Å²) in [6.07, 6.45) is 2.66. The maximum atomic E-state index is 5.33. The van der Waals surface area contributed by atoms with Crippen LogP contribution in [0.15, 0.2) is 0 Å². The monoisotopic (exact) mass is 187 g/mol. The van der Waals surface area contributed by atoms with Gasteiger partial charge < -0.3 is 14.8 Å². The van der Waals surface area contributed by atoms with Crippen molar-refractivity contribution in [2.75, 3.05) is 33.5 Å². The van der Waals surface area contributed by atoms with E-state index < -0.39 is 0 Å². The van der Waals surface area contributed by atoms with Gasteiger partial charge in [0.15, 0.2) is 0 Å². The van der Waals surface area contributed by atoms with Crippen LogP contribution in [0.3, 0.4) is 0 Å². The summed E-state index contributed by atoms with van der Waals surface area (Å²) >= 11 is 0. The highest BCUT2D eigenvalue weighted by atomic mass is 16.5. The molecule has 0 atom stereocenters. The number of hydrogen-bond donors (Lipinski definition) is 1. The van der Waals surface area contributed by atoms with Crippen molar-refractivity contribution in [2.45, 2.75) is 25.8 Å². The van der Waals surface area contributed by atoms with E-state index in [9.17, 15) is 0 Å². The summed E-state index contributed by atoms with van der Waals surface area (Å²) in [5.74, 6) is 0.923. The molecule has 0 heterocycles. The van der Waals surface area contributed by atoms with Crippen LogP contribution in [0.2, 0.25) is 0 Å². The van der Waals surface area contributed by atoms with Crippen molar-refractivity contribution < 1.29 is 9.47 Å². The Morgan fingerprint density at radius 2 is 2.00 bits per heavy atom. The van der Waals surface area contributed by atoms with Crippen LogP contribution in [0.1, 0.15) is 19.8 Å². The fraction of sp³-hybridized carbons (Fsp3) is 1.00. The fourth-order valence-corrected chi connectivity index (χ4v) is 1.65. The highest BCUT2D eigenvalue weighted by Gasteiger charge is 2.23. The van der Waals surface area contributed by atoms with Crippen LogP contribution >= 0.6 is 0 Å². The van der Waals surface area contributed by atoms with Gasteiger partial charge in [0.1, 0.15) is 0 Å². The molecule has 1 aliphatic rings.